The van der Waals surface area contributed by atoms with E-state index < -0.39 is 23.0 Å². The first-order chi connectivity index (χ1) is 9.95. The van der Waals surface area contributed by atoms with Crippen molar-refractivity contribution < 1.29 is 13.6 Å². The number of hydrogen-bond donors (Lipinski definition) is 3. The van der Waals surface area contributed by atoms with Gasteiger partial charge in [-0.2, -0.15) is 0 Å². The Kier molecular flexibility index (Phi) is 3.98. The van der Waals surface area contributed by atoms with Crippen LogP contribution in [-0.4, -0.2) is 17.0 Å². The van der Waals surface area contributed by atoms with Gasteiger partial charge in [-0.15, -0.1) is 0 Å². The summed E-state index contributed by atoms with van der Waals surface area (Å²) in [6.45, 7) is 1.68. The van der Waals surface area contributed by atoms with Gasteiger partial charge in [0.05, 0.1) is 11.3 Å². The molecule has 0 bridgehead atoms. The molecule has 0 radical (unpaired) electrons. The number of nitrogen functional groups attached to an aromatic ring is 1. The lowest BCUT2D eigenvalue weighted by molar-refractivity contribution is 0.103. The van der Waals surface area contributed by atoms with Gasteiger partial charge in [-0.25, -0.2) is 8.78 Å². The van der Waals surface area contributed by atoms with Gasteiger partial charge in [-0.3, -0.25) is 4.79 Å². The summed E-state index contributed by atoms with van der Waals surface area (Å²) in [7, 11) is 0. The number of halogens is 2. The smallest absolute Gasteiger partial charge is 0.201 e. The van der Waals surface area contributed by atoms with E-state index >= 15 is 0 Å². The fourth-order valence-electron chi connectivity index (χ4n) is 1.89. The largest absolute Gasteiger partial charge is 0.396 e. The van der Waals surface area contributed by atoms with Crippen LogP contribution in [0.25, 0.3) is 6.08 Å². The summed E-state index contributed by atoms with van der Waals surface area (Å²) in [6, 6.07) is 2.02. The van der Waals surface area contributed by atoms with E-state index in [9.17, 15) is 13.6 Å². The zero-order valence-electron chi connectivity index (χ0n) is 11.2. The molecule has 1 aromatic heterocycles. The Morgan fingerprint density at radius 3 is 2.71 bits per heavy atom. The third-order valence-corrected chi connectivity index (χ3v) is 2.98. The number of H-pyrrole nitrogens is 1. The number of hydrogen-bond acceptors (Lipinski definition) is 3. The van der Waals surface area contributed by atoms with E-state index in [-0.39, 0.29) is 11.3 Å². The predicted molar refractivity (Wildman–Crippen MR) is 77.4 cm³/mol. The van der Waals surface area contributed by atoms with Crippen molar-refractivity contribution in [2.45, 2.75) is 6.92 Å². The standard InChI is InChI=1S/C15H13F2N3O/c1-8(5-18)4-9-6-20-7-10(9)15(21)13-11(16)2-3-12(19)14(13)17/h2-7,18,20H,19H2,1H3/b8-4-,18-5?. The molecule has 6 heteroatoms. The van der Waals surface area contributed by atoms with Crippen molar-refractivity contribution in [2.24, 2.45) is 0 Å². The van der Waals surface area contributed by atoms with Crippen molar-refractivity contribution >= 4 is 23.8 Å². The molecule has 4 nitrogen and oxygen atoms in total. The van der Waals surface area contributed by atoms with E-state index in [0.717, 1.165) is 18.3 Å². The van der Waals surface area contributed by atoms with Gasteiger partial charge in [0.25, 0.3) is 0 Å². The van der Waals surface area contributed by atoms with Gasteiger partial charge in [0, 0.05) is 29.7 Å². The van der Waals surface area contributed by atoms with Gasteiger partial charge < -0.3 is 16.1 Å². The molecule has 2 rings (SSSR count). The fourth-order valence-corrected chi connectivity index (χ4v) is 1.89. The number of aromatic amines is 1. The minimum absolute atomic E-state index is 0.111. The summed E-state index contributed by atoms with van der Waals surface area (Å²) in [5.41, 5.74) is 5.56. The number of anilines is 1. The van der Waals surface area contributed by atoms with E-state index in [1.165, 1.54) is 12.4 Å². The van der Waals surface area contributed by atoms with Crippen LogP contribution in [0, 0.1) is 17.0 Å². The average Bonchev–Trinajstić information content (AvgIpc) is 2.91. The molecule has 0 fully saturated rings. The second-order valence-electron chi connectivity index (χ2n) is 4.51. The summed E-state index contributed by atoms with van der Waals surface area (Å²) in [5, 5.41) is 7.12. The summed E-state index contributed by atoms with van der Waals surface area (Å²) >= 11 is 0. The van der Waals surface area contributed by atoms with Crippen LogP contribution in [0.4, 0.5) is 14.5 Å². The van der Waals surface area contributed by atoms with Gasteiger partial charge in [-0.1, -0.05) is 0 Å². The van der Waals surface area contributed by atoms with E-state index in [2.05, 4.69) is 4.98 Å². The highest BCUT2D eigenvalue weighted by atomic mass is 19.1. The topological polar surface area (TPSA) is 82.7 Å². The summed E-state index contributed by atoms with van der Waals surface area (Å²) in [5.74, 6) is -2.84. The van der Waals surface area contributed by atoms with Crippen molar-refractivity contribution in [3.63, 3.8) is 0 Å². The molecular formula is C15H13F2N3O. The molecular weight excluding hydrogens is 276 g/mol. The molecule has 0 amide bonds. The normalized spacial score (nSPS) is 11.5. The first-order valence-corrected chi connectivity index (χ1v) is 6.09. The maximum atomic E-state index is 13.9. The van der Waals surface area contributed by atoms with Crippen LogP contribution < -0.4 is 5.73 Å². The molecule has 1 aromatic carbocycles. The highest BCUT2D eigenvalue weighted by Crippen LogP contribution is 2.24. The predicted octanol–water partition coefficient (Wildman–Crippen LogP) is 3.16. The Morgan fingerprint density at radius 2 is 2.05 bits per heavy atom. The Hall–Kier alpha value is -2.76. The van der Waals surface area contributed by atoms with Crippen LogP contribution >= 0.6 is 0 Å². The lowest BCUT2D eigenvalue weighted by Crippen LogP contribution is -2.10. The summed E-state index contributed by atoms with van der Waals surface area (Å²) < 4.78 is 27.7. The van der Waals surface area contributed by atoms with Gasteiger partial charge in [-0.05, 0) is 30.7 Å². The summed E-state index contributed by atoms with van der Waals surface area (Å²) in [4.78, 5) is 15.1. The first kappa shape index (κ1) is 14.6. The van der Waals surface area contributed by atoms with E-state index in [1.807, 2.05) is 0 Å². The fraction of sp³-hybridized carbons (Fsp3) is 0.0667. The quantitative estimate of drug-likeness (QED) is 0.459. The van der Waals surface area contributed by atoms with E-state index in [4.69, 9.17) is 11.1 Å². The van der Waals surface area contributed by atoms with Crippen LogP contribution in [0.5, 0.6) is 0 Å². The molecule has 0 aliphatic heterocycles. The molecule has 0 aliphatic carbocycles. The van der Waals surface area contributed by atoms with Gasteiger partial charge in [0.15, 0.2) is 5.82 Å². The van der Waals surface area contributed by atoms with Crippen LogP contribution in [0.3, 0.4) is 0 Å². The molecule has 0 spiro atoms. The Labute approximate surface area is 119 Å². The SMILES string of the molecule is C/C(C=N)=C/c1c[nH]cc1C(=O)c1c(F)ccc(N)c1F. The number of carbonyl (C=O) groups is 1. The number of nitrogens with two attached hydrogens (primary N) is 1. The number of allylic oxidation sites excluding steroid dienone is 1. The van der Waals surface area contributed by atoms with Crippen LogP contribution in [0.2, 0.25) is 0 Å². The van der Waals surface area contributed by atoms with Gasteiger partial charge in [0.1, 0.15) is 5.82 Å². The number of ketones is 1. The maximum Gasteiger partial charge on any atom is 0.201 e. The van der Waals surface area contributed by atoms with Crippen molar-refractivity contribution in [1.29, 1.82) is 5.41 Å². The maximum absolute atomic E-state index is 13.9. The number of nitrogens with one attached hydrogen (secondary N) is 2. The van der Waals surface area contributed by atoms with Gasteiger partial charge in [0.2, 0.25) is 5.78 Å². The molecule has 2 aromatic rings. The number of benzene rings is 1. The van der Waals surface area contributed by atoms with Crippen LogP contribution in [0.1, 0.15) is 28.4 Å². The van der Waals surface area contributed by atoms with E-state index in [1.54, 1.807) is 13.0 Å². The van der Waals surface area contributed by atoms with Crippen molar-refractivity contribution in [3.8, 4) is 0 Å². The molecule has 0 saturated heterocycles. The van der Waals surface area contributed by atoms with Gasteiger partial charge >= 0.3 is 0 Å². The third kappa shape index (κ3) is 2.74. The third-order valence-electron chi connectivity index (χ3n) is 2.98. The Balaban J connectivity index is 2.55. The molecule has 1 heterocycles. The lowest BCUT2D eigenvalue weighted by atomic mass is 10.00. The zero-order valence-corrected chi connectivity index (χ0v) is 11.2. The molecule has 4 N–H and O–H groups in total. The number of carbonyl (C=O) groups excluding carboxylic acids is 1. The van der Waals surface area contributed by atoms with Crippen molar-refractivity contribution in [1.82, 2.24) is 4.98 Å². The van der Waals surface area contributed by atoms with Crippen LogP contribution in [-0.2, 0) is 0 Å². The zero-order chi connectivity index (χ0) is 15.6. The molecule has 108 valence electrons. The monoisotopic (exact) mass is 289 g/mol. The molecule has 0 atom stereocenters. The second-order valence-corrected chi connectivity index (χ2v) is 4.51. The highest BCUT2D eigenvalue weighted by molar-refractivity contribution is 6.12. The molecule has 0 unspecified atom stereocenters. The minimum Gasteiger partial charge on any atom is -0.396 e. The minimum atomic E-state index is -1.07. The Bertz CT molecular complexity index is 747. The second kappa shape index (κ2) is 5.70. The Morgan fingerprint density at radius 1 is 1.33 bits per heavy atom. The molecule has 0 aliphatic rings. The van der Waals surface area contributed by atoms with Crippen molar-refractivity contribution in [3.05, 3.63) is 58.4 Å². The highest BCUT2D eigenvalue weighted by Gasteiger charge is 2.23. The molecule has 21 heavy (non-hydrogen) atoms. The summed E-state index contributed by atoms with van der Waals surface area (Å²) in [6.07, 6.45) is 5.55. The molecule has 0 saturated carbocycles. The first-order valence-electron chi connectivity index (χ1n) is 6.09. The van der Waals surface area contributed by atoms with Crippen molar-refractivity contribution in [2.75, 3.05) is 5.73 Å². The number of aromatic nitrogens is 1. The average molecular weight is 289 g/mol. The van der Waals surface area contributed by atoms with Crippen LogP contribution in [0.15, 0.2) is 30.1 Å². The van der Waals surface area contributed by atoms with E-state index in [0.29, 0.717) is 11.1 Å². The lowest BCUT2D eigenvalue weighted by Gasteiger charge is -2.06. The number of rotatable bonds is 4.